The fourth-order valence-electron chi connectivity index (χ4n) is 3.44. The number of likely N-dealkylation sites (tertiary alicyclic amines) is 1. The number of nitrogens with zero attached hydrogens (tertiary/aromatic N) is 4. The van der Waals surface area contributed by atoms with Gasteiger partial charge in [-0.25, -0.2) is 9.07 Å². The molecule has 0 aliphatic carbocycles. The van der Waals surface area contributed by atoms with Crippen molar-refractivity contribution in [1.29, 1.82) is 0 Å². The molecule has 7 heteroatoms. The van der Waals surface area contributed by atoms with Gasteiger partial charge in [-0.2, -0.15) is 0 Å². The van der Waals surface area contributed by atoms with E-state index in [1.165, 1.54) is 12.1 Å². The summed E-state index contributed by atoms with van der Waals surface area (Å²) in [6.07, 6.45) is 1.68. The van der Waals surface area contributed by atoms with E-state index in [4.69, 9.17) is 0 Å². The van der Waals surface area contributed by atoms with Crippen molar-refractivity contribution >= 4 is 16.8 Å². The molecule has 0 N–H and O–H groups in total. The smallest absolute Gasteiger partial charge is 0.278 e. The van der Waals surface area contributed by atoms with Crippen LogP contribution in [-0.2, 0) is 11.3 Å². The Morgan fingerprint density at radius 2 is 1.92 bits per heavy atom. The minimum atomic E-state index is -0.332. The quantitative estimate of drug-likeness (QED) is 0.725. The molecule has 0 bridgehead atoms. The molecule has 6 nitrogen and oxygen atoms in total. The Morgan fingerprint density at radius 1 is 1.15 bits per heavy atom. The number of aromatic nitrogens is 3. The Kier molecular flexibility index (Phi) is 4.20. The average Bonchev–Trinajstić information content (AvgIpc) is 3.15. The van der Waals surface area contributed by atoms with E-state index in [1.807, 2.05) is 0 Å². The van der Waals surface area contributed by atoms with Crippen LogP contribution in [0.5, 0.6) is 0 Å². The van der Waals surface area contributed by atoms with Crippen LogP contribution in [0, 0.1) is 5.82 Å². The monoisotopic (exact) mass is 352 g/mol. The van der Waals surface area contributed by atoms with Crippen molar-refractivity contribution in [1.82, 2.24) is 19.9 Å². The van der Waals surface area contributed by atoms with Crippen molar-refractivity contribution in [3.05, 3.63) is 70.3 Å². The maximum atomic E-state index is 13.2. The topological polar surface area (TPSA) is 68.1 Å². The first-order valence-corrected chi connectivity index (χ1v) is 8.51. The van der Waals surface area contributed by atoms with Crippen LogP contribution in [-0.4, -0.2) is 32.3 Å². The number of hydrogen-bond donors (Lipinski definition) is 0. The van der Waals surface area contributed by atoms with Gasteiger partial charge < -0.3 is 4.90 Å². The highest BCUT2D eigenvalue weighted by Crippen LogP contribution is 2.32. The van der Waals surface area contributed by atoms with Crippen LogP contribution in [0.25, 0.3) is 10.9 Å². The third-order valence-corrected chi connectivity index (χ3v) is 4.74. The first-order chi connectivity index (χ1) is 12.6. The van der Waals surface area contributed by atoms with Crippen molar-refractivity contribution in [2.45, 2.75) is 25.4 Å². The number of benzene rings is 2. The van der Waals surface area contributed by atoms with Crippen LogP contribution in [0.2, 0.25) is 0 Å². The van der Waals surface area contributed by atoms with Crippen LogP contribution in [0.15, 0.2) is 53.3 Å². The van der Waals surface area contributed by atoms with Gasteiger partial charge in [-0.15, -0.1) is 5.10 Å². The third-order valence-electron chi connectivity index (χ3n) is 4.74. The molecule has 1 aliphatic rings. The molecule has 1 amide bonds. The molecule has 1 fully saturated rings. The van der Waals surface area contributed by atoms with Gasteiger partial charge in [0.1, 0.15) is 17.9 Å². The van der Waals surface area contributed by atoms with Gasteiger partial charge in [0.15, 0.2) is 0 Å². The standard InChI is InChI=1S/C19H17FN4O2/c20-14-9-7-13(8-10-14)17-6-3-11-23(17)18(25)12-24-19(26)15-4-1-2-5-16(15)21-22-24/h1-2,4-5,7-10,17H,3,6,11-12H2. The summed E-state index contributed by atoms with van der Waals surface area (Å²) in [6, 6.07) is 13.0. The Hall–Kier alpha value is -3.09. The van der Waals surface area contributed by atoms with Crippen molar-refractivity contribution < 1.29 is 9.18 Å². The summed E-state index contributed by atoms with van der Waals surface area (Å²) in [7, 11) is 0. The molecule has 1 saturated heterocycles. The molecule has 26 heavy (non-hydrogen) atoms. The van der Waals surface area contributed by atoms with Crippen molar-refractivity contribution in [3.63, 3.8) is 0 Å². The summed E-state index contributed by atoms with van der Waals surface area (Å²) in [5.74, 6) is -0.494. The molecular weight excluding hydrogens is 335 g/mol. The minimum absolute atomic E-state index is 0.104. The predicted molar refractivity (Wildman–Crippen MR) is 93.9 cm³/mol. The lowest BCUT2D eigenvalue weighted by Crippen LogP contribution is -2.37. The molecular formula is C19H17FN4O2. The van der Waals surface area contributed by atoms with E-state index < -0.39 is 0 Å². The minimum Gasteiger partial charge on any atom is -0.334 e. The van der Waals surface area contributed by atoms with E-state index in [9.17, 15) is 14.0 Å². The highest BCUT2D eigenvalue weighted by Gasteiger charge is 2.30. The first-order valence-electron chi connectivity index (χ1n) is 8.51. The molecule has 132 valence electrons. The van der Waals surface area contributed by atoms with Gasteiger partial charge in [0, 0.05) is 6.54 Å². The van der Waals surface area contributed by atoms with Crippen LogP contribution >= 0.6 is 0 Å². The van der Waals surface area contributed by atoms with Crippen molar-refractivity contribution in [2.24, 2.45) is 0 Å². The zero-order valence-corrected chi connectivity index (χ0v) is 14.0. The van der Waals surface area contributed by atoms with Gasteiger partial charge in [0.25, 0.3) is 5.56 Å². The molecule has 4 rings (SSSR count). The zero-order chi connectivity index (χ0) is 18.1. The maximum absolute atomic E-state index is 13.2. The summed E-state index contributed by atoms with van der Waals surface area (Å²) in [4.78, 5) is 27.0. The molecule has 2 heterocycles. The molecule has 0 spiro atoms. The normalized spacial score (nSPS) is 17.0. The molecule has 3 aromatic rings. The molecule has 0 saturated carbocycles. The number of carbonyl (C=O) groups excluding carboxylic acids is 1. The number of halogens is 1. The summed E-state index contributed by atoms with van der Waals surface area (Å²) in [5.41, 5.74) is 1.07. The third kappa shape index (κ3) is 2.96. The van der Waals surface area contributed by atoms with Gasteiger partial charge >= 0.3 is 0 Å². The fraction of sp³-hybridized carbons (Fsp3) is 0.263. The summed E-state index contributed by atoms with van der Waals surface area (Å²) < 4.78 is 14.3. The lowest BCUT2D eigenvalue weighted by Gasteiger charge is -2.25. The van der Waals surface area contributed by atoms with E-state index in [2.05, 4.69) is 10.3 Å². The van der Waals surface area contributed by atoms with E-state index >= 15 is 0 Å². The molecule has 2 aromatic carbocycles. The Bertz CT molecular complexity index is 1020. The van der Waals surface area contributed by atoms with Gasteiger partial charge in [0.05, 0.1) is 11.4 Å². The molecule has 1 aromatic heterocycles. The number of fused-ring (bicyclic) bond motifs is 1. The SMILES string of the molecule is O=C(Cn1nnc2ccccc2c1=O)N1CCCC1c1ccc(F)cc1. The highest BCUT2D eigenvalue weighted by atomic mass is 19.1. The van der Waals surface area contributed by atoms with E-state index in [1.54, 1.807) is 41.3 Å². The number of hydrogen-bond acceptors (Lipinski definition) is 4. The molecule has 1 aliphatic heterocycles. The fourth-order valence-corrected chi connectivity index (χ4v) is 3.44. The van der Waals surface area contributed by atoms with Crippen molar-refractivity contribution in [3.8, 4) is 0 Å². The maximum Gasteiger partial charge on any atom is 0.278 e. The summed E-state index contributed by atoms with van der Waals surface area (Å²) in [6.45, 7) is 0.449. The second-order valence-corrected chi connectivity index (χ2v) is 6.37. The zero-order valence-electron chi connectivity index (χ0n) is 14.0. The number of rotatable bonds is 3. The van der Waals surface area contributed by atoms with E-state index in [0.29, 0.717) is 17.4 Å². The summed E-state index contributed by atoms with van der Waals surface area (Å²) in [5, 5.41) is 8.33. The van der Waals surface area contributed by atoms with Crippen LogP contribution in [0.1, 0.15) is 24.4 Å². The van der Waals surface area contributed by atoms with Gasteiger partial charge in [-0.3, -0.25) is 9.59 Å². The van der Waals surface area contributed by atoms with Gasteiger partial charge in [-0.05, 0) is 42.7 Å². The summed E-state index contributed by atoms with van der Waals surface area (Å²) >= 11 is 0. The highest BCUT2D eigenvalue weighted by molar-refractivity contribution is 5.79. The first kappa shape index (κ1) is 16.4. The second kappa shape index (κ2) is 6.67. The lowest BCUT2D eigenvalue weighted by atomic mass is 10.0. The molecule has 0 radical (unpaired) electrons. The lowest BCUT2D eigenvalue weighted by molar-refractivity contribution is -0.133. The van der Waals surface area contributed by atoms with Crippen LogP contribution in [0.3, 0.4) is 0 Å². The van der Waals surface area contributed by atoms with Crippen LogP contribution in [0.4, 0.5) is 4.39 Å². The Morgan fingerprint density at radius 3 is 2.73 bits per heavy atom. The number of amides is 1. The largest absolute Gasteiger partial charge is 0.334 e. The number of carbonyl (C=O) groups is 1. The second-order valence-electron chi connectivity index (χ2n) is 6.37. The van der Waals surface area contributed by atoms with Crippen molar-refractivity contribution in [2.75, 3.05) is 6.54 Å². The van der Waals surface area contributed by atoms with Gasteiger partial charge in [0.2, 0.25) is 5.91 Å². The molecule has 1 atom stereocenters. The van der Waals surface area contributed by atoms with Gasteiger partial charge in [-0.1, -0.05) is 29.5 Å². The van der Waals surface area contributed by atoms with Crippen LogP contribution < -0.4 is 5.56 Å². The molecule has 1 unspecified atom stereocenters. The Labute approximate surface area is 148 Å². The average molecular weight is 352 g/mol. The van der Waals surface area contributed by atoms with E-state index in [0.717, 1.165) is 23.1 Å². The Balaban J connectivity index is 1.59. The van der Waals surface area contributed by atoms with E-state index in [-0.39, 0.29) is 29.9 Å². The predicted octanol–water partition coefficient (Wildman–Crippen LogP) is 2.29.